The number of anilines is 1. The van der Waals surface area contributed by atoms with E-state index in [1.54, 1.807) is 17.5 Å². The van der Waals surface area contributed by atoms with Gasteiger partial charge in [0, 0.05) is 5.02 Å². The quantitative estimate of drug-likeness (QED) is 0.796. The van der Waals surface area contributed by atoms with E-state index in [4.69, 9.17) is 27.9 Å². The van der Waals surface area contributed by atoms with E-state index in [1.807, 2.05) is 5.32 Å². The number of amides is 3. The number of hydrogen-bond donors (Lipinski definition) is 2. The summed E-state index contributed by atoms with van der Waals surface area (Å²) in [6, 6.07) is 6.08. The van der Waals surface area contributed by atoms with Gasteiger partial charge in [0.15, 0.2) is 6.61 Å². The van der Waals surface area contributed by atoms with Crippen LogP contribution < -0.4 is 15.4 Å². The molecular weight excluding hydrogens is 391 g/mol. The second kappa shape index (κ2) is 8.70. The number of ether oxygens (including phenoxy) is 2. The van der Waals surface area contributed by atoms with Crippen molar-refractivity contribution in [2.75, 3.05) is 19.0 Å². The molecule has 7 nitrogen and oxygen atoms in total. The van der Waals surface area contributed by atoms with Crippen molar-refractivity contribution in [3.05, 3.63) is 45.3 Å². The molecule has 0 saturated carbocycles. The highest BCUT2D eigenvalue weighted by Gasteiger charge is 2.17. The van der Waals surface area contributed by atoms with Gasteiger partial charge in [0.25, 0.3) is 11.8 Å². The number of rotatable bonds is 5. The molecule has 2 rings (SSSR count). The average molecular weight is 403 g/mol. The predicted molar refractivity (Wildman–Crippen MR) is 94.8 cm³/mol. The van der Waals surface area contributed by atoms with Gasteiger partial charge in [-0.3, -0.25) is 14.9 Å². The van der Waals surface area contributed by atoms with Gasteiger partial charge in [-0.25, -0.2) is 4.79 Å². The van der Waals surface area contributed by atoms with Gasteiger partial charge in [-0.05, 0) is 29.6 Å². The van der Waals surface area contributed by atoms with Gasteiger partial charge in [-0.15, -0.1) is 11.3 Å². The minimum Gasteiger partial charge on any atom is -0.482 e. The maximum atomic E-state index is 12.0. The van der Waals surface area contributed by atoms with Crippen molar-refractivity contribution in [1.29, 1.82) is 0 Å². The number of hydrogen-bond acceptors (Lipinski definition) is 6. The van der Waals surface area contributed by atoms with E-state index in [9.17, 15) is 14.4 Å². The van der Waals surface area contributed by atoms with E-state index in [1.165, 1.54) is 12.1 Å². The average Bonchev–Trinajstić information content (AvgIpc) is 3.02. The number of carbonyl (C=O) groups excluding carboxylic acids is 3. The van der Waals surface area contributed by atoms with Crippen LogP contribution in [0.4, 0.5) is 9.80 Å². The molecule has 0 atom stereocenters. The van der Waals surface area contributed by atoms with Gasteiger partial charge in [0.05, 0.1) is 17.7 Å². The maximum Gasteiger partial charge on any atom is 0.413 e. The Hall–Kier alpha value is -2.29. The third-order valence-electron chi connectivity index (χ3n) is 2.82. The van der Waals surface area contributed by atoms with Gasteiger partial charge in [0.1, 0.15) is 10.8 Å². The van der Waals surface area contributed by atoms with Crippen LogP contribution in [0.25, 0.3) is 0 Å². The molecule has 25 heavy (non-hydrogen) atoms. The fourth-order valence-electron chi connectivity index (χ4n) is 1.69. The van der Waals surface area contributed by atoms with Crippen LogP contribution in [-0.2, 0) is 9.53 Å². The second-order valence-electron chi connectivity index (χ2n) is 4.52. The molecule has 2 N–H and O–H groups in total. The molecule has 3 amide bonds. The lowest BCUT2D eigenvalue weighted by molar-refractivity contribution is -0.118. The van der Waals surface area contributed by atoms with E-state index in [0.29, 0.717) is 10.8 Å². The molecule has 0 unspecified atom stereocenters. The summed E-state index contributed by atoms with van der Waals surface area (Å²) in [6.07, 6.45) is -0.894. The molecule has 0 aliphatic carbocycles. The van der Waals surface area contributed by atoms with E-state index < -0.39 is 17.9 Å². The molecule has 0 saturated heterocycles. The molecule has 1 aromatic carbocycles. The lowest BCUT2D eigenvalue weighted by Crippen LogP contribution is -2.30. The van der Waals surface area contributed by atoms with E-state index in [2.05, 4.69) is 10.1 Å². The summed E-state index contributed by atoms with van der Waals surface area (Å²) in [5.41, 5.74) is 0.133. The summed E-state index contributed by atoms with van der Waals surface area (Å²) in [4.78, 5) is 35.0. The molecule has 1 heterocycles. The Kier molecular flexibility index (Phi) is 6.63. The first-order valence-electron chi connectivity index (χ1n) is 6.75. The molecule has 2 aromatic rings. The predicted octanol–water partition coefficient (Wildman–Crippen LogP) is 3.57. The number of benzene rings is 1. The van der Waals surface area contributed by atoms with Gasteiger partial charge in [-0.1, -0.05) is 23.2 Å². The number of alkyl carbamates (subject to hydrolysis) is 1. The first kappa shape index (κ1) is 19.0. The smallest absolute Gasteiger partial charge is 0.413 e. The summed E-state index contributed by atoms with van der Waals surface area (Å²) in [6.45, 7) is -0.322. The van der Waals surface area contributed by atoms with Crippen molar-refractivity contribution in [2.45, 2.75) is 0 Å². The monoisotopic (exact) mass is 402 g/mol. The number of carbonyl (C=O) groups is 3. The second-order valence-corrected chi connectivity index (χ2v) is 6.28. The van der Waals surface area contributed by atoms with Crippen LogP contribution in [0.1, 0.15) is 10.4 Å². The summed E-state index contributed by atoms with van der Waals surface area (Å²) in [5, 5.41) is 7.14. The Labute approximate surface area is 156 Å². The van der Waals surface area contributed by atoms with Crippen LogP contribution in [0, 0.1) is 0 Å². The Morgan fingerprint density at radius 3 is 2.64 bits per heavy atom. The van der Waals surface area contributed by atoms with Crippen molar-refractivity contribution >= 4 is 57.4 Å². The first-order valence-corrected chi connectivity index (χ1v) is 8.38. The lowest BCUT2D eigenvalue weighted by atomic mass is 10.3. The maximum absolute atomic E-state index is 12.0. The molecular formula is C15H12Cl2N2O5S. The number of nitrogens with one attached hydrogen (secondary N) is 2. The SMILES string of the molecule is COC(=O)NC(=O)c1ccsc1NC(=O)COc1ccc(Cl)cc1Cl. The molecule has 0 spiro atoms. The summed E-state index contributed by atoms with van der Waals surface area (Å²) < 4.78 is 9.66. The van der Waals surface area contributed by atoms with E-state index in [-0.39, 0.29) is 22.2 Å². The normalized spacial score (nSPS) is 10.0. The Balaban J connectivity index is 1.96. The topological polar surface area (TPSA) is 93.7 Å². The lowest BCUT2D eigenvalue weighted by Gasteiger charge is -2.09. The minimum absolute atomic E-state index is 0.133. The number of methoxy groups -OCH3 is 1. The first-order chi connectivity index (χ1) is 11.9. The zero-order valence-corrected chi connectivity index (χ0v) is 15.1. The fourth-order valence-corrected chi connectivity index (χ4v) is 2.96. The van der Waals surface area contributed by atoms with E-state index >= 15 is 0 Å². The molecule has 0 radical (unpaired) electrons. The number of halogens is 2. The molecule has 0 fully saturated rings. The molecule has 0 bridgehead atoms. The van der Waals surface area contributed by atoms with Crippen molar-refractivity contribution in [2.24, 2.45) is 0 Å². The van der Waals surface area contributed by atoms with Gasteiger partial charge >= 0.3 is 6.09 Å². The van der Waals surface area contributed by atoms with Gasteiger partial charge in [-0.2, -0.15) is 0 Å². The molecule has 1 aromatic heterocycles. The molecule has 10 heteroatoms. The van der Waals surface area contributed by atoms with Crippen molar-refractivity contribution < 1.29 is 23.9 Å². The van der Waals surface area contributed by atoms with Crippen molar-refractivity contribution in [1.82, 2.24) is 5.32 Å². The summed E-state index contributed by atoms with van der Waals surface area (Å²) >= 11 is 12.9. The van der Waals surface area contributed by atoms with Crippen LogP contribution in [0.3, 0.4) is 0 Å². The van der Waals surface area contributed by atoms with E-state index in [0.717, 1.165) is 18.4 Å². The minimum atomic E-state index is -0.894. The molecule has 132 valence electrons. The summed E-state index contributed by atoms with van der Waals surface area (Å²) in [5.74, 6) is -0.887. The Morgan fingerprint density at radius 1 is 1.20 bits per heavy atom. The third-order valence-corrected chi connectivity index (χ3v) is 4.18. The highest BCUT2D eigenvalue weighted by molar-refractivity contribution is 7.14. The third kappa shape index (κ3) is 5.35. The molecule has 0 aliphatic heterocycles. The van der Waals surface area contributed by atoms with Gasteiger partial charge < -0.3 is 14.8 Å². The summed E-state index contributed by atoms with van der Waals surface area (Å²) in [7, 11) is 1.14. The van der Waals surface area contributed by atoms with Crippen LogP contribution in [0.5, 0.6) is 5.75 Å². The van der Waals surface area contributed by atoms with Crippen LogP contribution in [0.15, 0.2) is 29.6 Å². The molecule has 0 aliphatic rings. The van der Waals surface area contributed by atoms with Gasteiger partial charge in [0.2, 0.25) is 0 Å². The zero-order valence-electron chi connectivity index (χ0n) is 12.8. The number of imide groups is 1. The highest BCUT2D eigenvalue weighted by Crippen LogP contribution is 2.27. The fraction of sp³-hybridized carbons (Fsp3) is 0.133. The number of thiophene rings is 1. The largest absolute Gasteiger partial charge is 0.482 e. The zero-order chi connectivity index (χ0) is 18.4. The standard InChI is InChI=1S/C15H12Cl2N2O5S/c1-23-15(22)19-13(21)9-4-5-25-14(9)18-12(20)7-24-11-3-2-8(16)6-10(11)17/h2-6H,7H2,1H3,(H,18,20)(H,19,21,22). The van der Waals surface area contributed by atoms with Crippen LogP contribution >= 0.6 is 34.5 Å². The van der Waals surface area contributed by atoms with Crippen LogP contribution in [0.2, 0.25) is 10.0 Å². The van der Waals surface area contributed by atoms with Crippen molar-refractivity contribution in [3.8, 4) is 5.75 Å². The Bertz CT molecular complexity index is 809. The Morgan fingerprint density at radius 2 is 1.96 bits per heavy atom. The van der Waals surface area contributed by atoms with Crippen molar-refractivity contribution in [3.63, 3.8) is 0 Å². The van der Waals surface area contributed by atoms with Crippen LogP contribution in [-0.4, -0.2) is 31.6 Å². The highest BCUT2D eigenvalue weighted by atomic mass is 35.5.